The molecule has 4 heteroatoms. The molecule has 0 N–H and O–H groups in total. The van der Waals surface area contributed by atoms with Gasteiger partial charge in [-0.3, -0.25) is 4.68 Å². The summed E-state index contributed by atoms with van der Waals surface area (Å²) in [5.74, 6) is 0. The van der Waals surface area contributed by atoms with E-state index in [0.29, 0.717) is 0 Å². The van der Waals surface area contributed by atoms with Crippen LogP contribution in [0.5, 0.6) is 0 Å². The van der Waals surface area contributed by atoms with Gasteiger partial charge in [0.25, 0.3) is 0 Å². The second-order valence-corrected chi connectivity index (χ2v) is 5.15. The number of aryl methyl sites for hydroxylation is 1. The fourth-order valence-electron chi connectivity index (χ4n) is 1.11. The Kier molecular flexibility index (Phi) is 3.08. The summed E-state index contributed by atoms with van der Waals surface area (Å²) in [5.41, 5.74) is 0.947. The minimum atomic E-state index is 0.0000231. The summed E-state index contributed by atoms with van der Waals surface area (Å²) in [6, 6.07) is 0. The molecule has 2 nitrogen and oxygen atoms in total. The van der Waals surface area contributed by atoms with Gasteiger partial charge in [-0.2, -0.15) is 5.10 Å². The molecular formula is C9H14BrClN2. The van der Waals surface area contributed by atoms with E-state index < -0.39 is 0 Å². The van der Waals surface area contributed by atoms with Crippen LogP contribution in [0.25, 0.3) is 0 Å². The molecule has 0 unspecified atom stereocenters. The molecule has 74 valence electrons. The summed E-state index contributed by atoms with van der Waals surface area (Å²) in [6.45, 7) is 9.19. The van der Waals surface area contributed by atoms with Crippen LogP contribution in [-0.4, -0.2) is 9.78 Å². The van der Waals surface area contributed by atoms with Crippen LogP contribution in [-0.2, 0) is 12.0 Å². The number of nitrogens with zero attached hydrogens (tertiary/aromatic N) is 2. The fraction of sp³-hybridized carbons (Fsp3) is 0.667. The Bertz CT molecular complexity index is 312. The van der Waals surface area contributed by atoms with Crippen molar-refractivity contribution >= 4 is 27.5 Å². The lowest BCUT2D eigenvalue weighted by atomic mass is 9.93. The van der Waals surface area contributed by atoms with Crippen LogP contribution in [0.2, 0.25) is 5.02 Å². The van der Waals surface area contributed by atoms with Crippen molar-refractivity contribution in [2.24, 2.45) is 0 Å². The van der Waals surface area contributed by atoms with Crippen LogP contribution >= 0.6 is 27.5 Å². The molecule has 0 saturated heterocycles. The molecule has 13 heavy (non-hydrogen) atoms. The maximum atomic E-state index is 6.15. The van der Waals surface area contributed by atoms with Crippen LogP contribution in [0.4, 0.5) is 0 Å². The molecule has 0 aliphatic rings. The van der Waals surface area contributed by atoms with Gasteiger partial charge in [0, 0.05) is 12.0 Å². The molecule has 0 bridgehead atoms. The van der Waals surface area contributed by atoms with Gasteiger partial charge < -0.3 is 0 Å². The average molecular weight is 266 g/mol. The molecule has 0 fully saturated rings. The van der Waals surface area contributed by atoms with Gasteiger partial charge in [-0.05, 0) is 22.9 Å². The van der Waals surface area contributed by atoms with Crippen molar-refractivity contribution in [3.05, 3.63) is 15.3 Å². The van der Waals surface area contributed by atoms with Crippen molar-refractivity contribution in [1.82, 2.24) is 9.78 Å². The lowest BCUT2D eigenvalue weighted by Gasteiger charge is -2.15. The van der Waals surface area contributed by atoms with Crippen LogP contribution in [0.1, 0.15) is 33.4 Å². The molecule has 0 aromatic carbocycles. The fourth-order valence-corrected chi connectivity index (χ4v) is 2.04. The van der Waals surface area contributed by atoms with Gasteiger partial charge in [0.1, 0.15) is 4.60 Å². The van der Waals surface area contributed by atoms with Gasteiger partial charge in [0.15, 0.2) is 0 Å². The highest BCUT2D eigenvalue weighted by Crippen LogP contribution is 2.33. The maximum absolute atomic E-state index is 6.15. The van der Waals surface area contributed by atoms with Gasteiger partial charge >= 0.3 is 0 Å². The minimum Gasteiger partial charge on any atom is -0.257 e. The van der Waals surface area contributed by atoms with E-state index in [4.69, 9.17) is 11.6 Å². The molecule has 1 rings (SSSR count). The highest BCUT2D eigenvalue weighted by Gasteiger charge is 2.24. The number of rotatable bonds is 1. The Morgan fingerprint density at radius 1 is 1.46 bits per heavy atom. The predicted molar refractivity (Wildman–Crippen MR) is 59.3 cm³/mol. The van der Waals surface area contributed by atoms with E-state index in [1.165, 1.54) is 0 Å². The first-order valence-electron chi connectivity index (χ1n) is 4.30. The van der Waals surface area contributed by atoms with E-state index in [0.717, 1.165) is 21.9 Å². The van der Waals surface area contributed by atoms with Crippen molar-refractivity contribution in [2.75, 3.05) is 0 Å². The Morgan fingerprint density at radius 2 is 2.00 bits per heavy atom. The quantitative estimate of drug-likeness (QED) is 0.758. The highest BCUT2D eigenvalue weighted by molar-refractivity contribution is 9.10. The number of hydrogen-bond donors (Lipinski definition) is 0. The van der Waals surface area contributed by atoms with E-state index in [1.807, 2.05) is 11.6 Å². The summed E-state index contributed by atoms with van der Waals surface area (Å²) in [4.78, 5) is 0. The molecular weight excluding hydrogens is 251 g/mol. The van der Waals surface area contributed by atoms with Gasteiger partial charge in [-0.15, -0.1) is 0 Å². The predicted octanol–water partition coefficient (Wildman–Crippen LogP) is 3.62. The van der Waals surface area contributed by atoms with Crippen LogP contribution in [0.3, 0.4) is 0 Å². The van der Waals surface area contributed by atoms with E-state index >= 15 is 0 Å². The van der Waals surface area contributed by atoms with E-state index in [2.05, 4.69) is 41.8 Å². The third-order valence-corrected chi connectivity index (χ3v) is 3.24. The SMILES string of the molecule is CCn1nc(C(C)(C)C)c(Cl)c1Br. The lowest BCUT2D eigenvalue weighted by Crippen LogP contribution is -2.13. The highest BCUT2D eigenvalue weighted by atomic mass is 79.9. The number of aromatic nitrogens is 2. The second kappa shape index (κ2) is 3.62. The summed E-state index contributed by atoms with van der Waals surface area (Å²) in [7, 11) is 0. The molecule has 0 atom stereocenters. The number of halogens is 2. The largest absolute Gasteiger partial charge is 0.257 e. The maximum Gasteiger partial charge on any atom is 0.123 e. The molecule has 0 saturated carbocycles. The first-order valence-corrected chi connectivity index (χ1v) is 5.47. The molecule has 0 aliphatic heterocycles. The first-order chi connectivity index (χ1) is 5.88. The Labute approximate surface area is 92.4 Å². The van der Waals surface area contributed by atoms with Gasteiger partial charge in [-0.25, -0.2) is 0 Å². The van der Waals surface area contributed by atoms with Gasteiger partial charge in [-0.1, -0.05) is 32.4 Å². The molecule has 1 heterocycles. The van der Waals surface area contributed by atoms with Crippen LogP contribution < -0.4 is 0 Å². The Morgan fingerprint density at radius 3 is 2.23 bits per heavy atom. The van der Waals surface area contributed by atoms with Crippen LogP contribution in [0.15, 0.2) is 4.60 Å². The summed E-state index contributed by atoms with van der Waals surface area (Å²) in [6.07, 6.45) is 0. The van der Waals surface area contributed by atoms with Crippen LogP contribution in [0, 0.1) is 0 Å². The first kappa shape index (κ1) is 11.1. The normalized spacial score (nSPS) is 12.2. The molecule has 1 aromatic heterocycles. The van der Waals surface area contributed by atoms with E-state index in [-0.39, 0.29) is 5.41 Å². The van der Waals surface area contributed by atoms with Crippen molar-refractivity contribution < 1.29 is 0 Å². The summed E-state index contributed by atoms with van der Waals surface area (Å²) in [5, 5.41) is 5.17. The molecule has 0 aliphatic carbocycles. The third-order valence-electron chi connectivity index (χ3n) is 1.85. The van der Waals surface area contributed by atoms with E-state index in [9.17, 15) is 0 Å². The third kappa shape index (κ3) is 2.08. The smallest absolute Gasteiger partial charge is 0.123 e. The zero-order chi connectivity index (χ0) is 10.2. The monoisotopic (exact) mass is 264 g/mol. The van der Waals surface area contributed by atoms with Gasteiger partial charge in [0.05, 0.1) is 10.7 Å². The van der Waals surface area contributed by atoms with Crippen molar-refractivity contribution in [1.29, 1.82) is 0 Å². The Balaban J connectivity index is 3.25. The standard InChI is InChI=1S/C9H14BrClN2/c1-5-13-8(10)6(11)7(12-13)9(2,3)4/h5H2,1-4H3. The zero-order valence-corrected chi connectivity index (χ0v) is 10.7. The lowest BCUT2D eigenvalue weighted by molar-refractivity contribution is 0.539. The second-order valence-electron chi connectivity index (χ2n) is 4.02. The van der Waals surface area contributed by atoms with Crippen molar-refractivity contribution in [2.45, 2.75) is 39.7 Å². The number of hydrogen-bond acceptors (Lipinski definition) is 1. The molecule has 1 aromatic rings. The summed E-state index contributed by atoms with van der Waals surface area (Å²) < 4.78 is 2.74. The van der Waals surface area contributed by atoms with Gasteiger partial charge in [0.2, 0.25) is 0 Å². The van der Waals surface area contributed by atoms with Crippen molar-refractivity contribution in [3.63, 3.8) is 0 Å². The molecule has 0 spiro atoms. The minimum absolute atomic E-state index is 0.0000231. The summed E-state index contributed by atoms with van der Waals surface area (Å²) >= 11 is 9.57. The topological polar surface area (TPSA) is 17.8 Å². The average Bonchev–Trinajstić information content (AvgIpc) is 2.28. The van der Waals surface area contributed by atoms with Crippen molar-refractivity contribution in [3.8, 4) is 0 Å². The molecule has 0 radical (unpaired) electrons. The molecule has 0 amide bonds. The van der Waals surface area contributed by atoms with E-state index in [1.54, 1.807) is 0 Å². The zero-order valence-electron chi connectivity index (χ0n) is 8.36. The Hall–Kier alpha value is -0.0200.